The number of methoxy groups -OCH3 is 1. The molecule has 0 aliphatic rings. The molecule has 0 atom stereocenters. The second kappa shape index (κ2) is 8.66. The number of nitrogens with zero attached hydrogens (tertiary/aromatic N) is 1. The summed E-state index contributed by atoms with van der Waals surface area (Å²) in [5.41, 5.74) is 1.26. The maximum absolute atomic E-state index is 12.7. The molecule has 0 unspecified atom stereocenters. The van der Waals surface area contributed by atoms with Gasteiger partial charge in [-0.05, 0) is 36.4 Å². The highest BCUT2D eigenvalue weighted by Gasteiger charge is 2.15. The molecule has 3 aromatic carbocycles. The first-order valence-corrected chi connectivity index (χ1v) is 8.58. The topological polar surface area (TPSA) is 111 Å². The smallest absolute Gasteiger partial charge is 0.269 e. The average Bonchev–Trinajstić information content (AvgIpc) is 2.74. The normalized spacial score (nSPS) is 10.1. The molecular formula is C21H17N3O5. The van der Waals surface area contributed by atoms with Crippen LogP contribution in [0.15, 0.2) is 72.8 Å². The minimum absolute atomic E-state index is 0.111. The molecule has 3 rings (SSSR count). The van der Waals surface area contributed by atoms with Gasteiger partial charge in [-0.15, -0.1) is 0 Å². The van der Waals surface area contributed by atoms with Gasteiger partial charge < -0.3 is 15.4 Å². The fourth-order valence-corrected chi connectivity index (χ4v) is 2.62. The molecule has 0 spiro atoms. The number of nitro groups is 1. The molecule has 8 nitrogen and oxygen atoms in total. The predicted molar refractivity (Wildman–Crippen MR) is 108 cm³/mol. The molecular weight excluding hydrogens is 374 g/mol. The standard InChI is InChI=1S/C21H17N3O5/c1-29-17-6-4-5-15(13-17)22-21(26)18-7-2-3-8-19(18)23-20(25)14-9-11-16(12-10-14)24(27)28/h2-13H,1H3,(H,22,26)(H,23,25). The molecule has 8 heteroatoms. The Morgan fingerprint density at radius 2 is 1.62 bits per heavy atom. The van der Waals surface area contributed by atoms with Crippen LogP contribution in [0.5, 0.6) is 5.75 Å². The largest absolute Gasteiger partial charge is 0.497 e. The van der Waals surface area contributed by atoms with Crippen molar-refractivity contribution in [1.82, 2.24) is 0 Å². The fraction of sp³-hybridized carbons (Fsp3) is 0.0476. The van der Waals surface area contributed by atoms with Crippen molar-refractivity contribution in [3.63, 3.8) is 0 Å². The molecule has 0 radical (unpaired) electrons. The van der Waals surface area contributed by atoms with E-state index in [4.69, 9.17) is 4.74 Å². The van der Waals surface area contributed by atoms with Crippen molar-refractivity contribution in [3.8, 4) is 5.75 Å². The van der Waals surface area contributed by atoms with Crippen molar-refractivity contribution in [3.05, 3.63) is 94.0 Å². The summed E-state index contributed by atoms with van der Waals surface area (Å²) in [5.74, 6) is -0.290. The lowest BCUT2D eigenvalue weighted by atomic mass is 10.1. The number of rotatable bonds is 6. The summed E-state index contributed by atoms with van der Waals surface area (Å²) >= 11 is 0. The lowest BCUT2D eigenvalue weighted by molar-refractivity contribution is -0.384. The molecule has 0 aromatic heterocycles. The second-order valence-electron chi connectivity index (χ2n) is 5.99. The summed E-state index contributed by atoms with van der Waals surface area (Å²) in [6.07, 6.45) is 0. The van der Waals surface area contributed by atoms with Gasteiger partial charge >= 0.3 is 0 Å². The number of benzene rings is 3. The highest BCUT2D eigenvalue weighted by atomic mass is 16.6. The molecule has 2 amide bonds. The van der Waals surface area contributed by atoms with Gasteiger partial charge in [0.15, 0.2) is 0 Å². The Balaban J connectivity index is 1.78. The van der Waals surface area contributed by atoms with Crippen LogP contribution in [0.1, 0.15) is 20.7 Å². The zero-order chi connectivity index (χ0) is 20.8. The summed E-state index contributed by atoms with van der Waals surface area (Å²) < 4.78 is 5.14. The average molecular weight is 391 g/mol. The number of non-ortho nitro benzene ring substituents is 1. The number of para-hydroxylation sites is 1. The van der Waals surface area contributed by atoms with E-state index < -0.39 is 16.7 Å². The SMILES string of the molecule is COc1cccc(NC(=O)c2ccccc2NC(=O)c2ccc([N+](=O)[O-])cc2)c1. The quantitative estimate of drug-likeness (QED) is 0.485. The third-order valence-electron chi connectivity index (χ3n) is 4.09. The summed E-state index contributed by atoms with van der Waals surface area (Å²) in [4.78, 5) is 35.4. The molecule has 0 fully saturated rings. The van der Waals surface area contributed by atoms with Crippen LogP contribution in [0.25, 0.3) is 0 Å². The van der Waals surface area contributed by atoms with E-state index in [9.17, 15) is 19.7 Å². The zero-order valence-corrected chi connectivity index (χ0v) is 15.4. The molecule has 0 bridgehead atoms. The number of amides is 2. The number of nitrogens with one attached hydrogen (secondary N) is 2. The van der Waals surface area contributed by atoms with Crippen LogP contribution in [0.3, 0.4) is 0 Å². The maximum Gasteiger partial charge on any atom is 0.269 e. The molecule has 2 N–H and O–H groups in total. The Morgan fingerprint density at radius 1 is 0.897 bits per heavy atom. The monoisotopic (exact) mass is 391 g/mol. The summed E-state index contributed by atoms with van der Waals surface area (Å²) in [5, 5.41) is 16.2. The van der Waals surface area contributed by atoms with Crippen LogP contribution in [-0.4, -0.2) is 23.8 Å². The van der Waals surface area contributed by atoms with Crippen LogP contribution < -0.4 is 15.4 Å². The van der Waals surface area contributed by atoms with Gasteiger partial charge in [0, 0.05) is 29.4 Å². The van der Waals surface area contributed by atoms with Gasteiger partial charge in [-0.1, -0.05) is 18.2 Å². The zero-order valence-electron chi connectivity index (χ0n) is 15.4. The van der Waals surface area contributed by atoms with Gasteiger partial charge in [-0.2, -0.15) is 0 Å². The molecule has 3 aromatic rings. The first-order chi connectivity index (χ1) is 14.0. The van der Waals surface area contributed by atoms with E-state index in [1.54, 1.807) is 48.5 Å². The fourth-order valence-electron chi connectivity index (χ4n) is 2.62. The van der Waals surface area contributed by atoms with E-state index in [1.165, 1.54) is 31.4 Å². The summed E-state index contributed by atoms with van der Waals surface area (Å²) in [7, 11) is 1.53. The minimum Gasteiger partial charge on any atom is -0.497 e. The van der Waals surface area contributed by atoms with E-state index in [-0.39, 0.29) is 16.8 Å². The maximum atomic E-state index is 12.7. The highest BCUT2D eigenvalue weighted by Crippen LogP contribution is 2.21. The van der Waals surface area contributed by atoms with Crippen molar-refractivity contribution in [2.24, 2.45) is 0 Å². The van der Waals surface area contributed by atoms with E-state index in [0.717, 1.165) is 0 Å². The van der Waals surface area contributed by atoms with Gasteiger partial charge in [-0.3, -0.25) is 19.7 Å². The number of anilines is 2. The minimum atomic E-state index is -0.542. The molecule has 0 heterocycles. The van der Waals surface area contributed by atoms with Gasteiger partial charge in [-0.25, -0.2) is 0 Å². The number of ether oxygens (including phenoxy) is 1. The Hall–Kier alpha value is -4.20. The molecule has 0 aliphatic heterocycles. The summed E-state index contributed by atoms with van der Waals surface area (Å²) in [6.45, 7) is 0. The first-order valence-electron chi connectivity index (χ1n) is 8.58. The Kier molecular flexibility index (Phi) is 5.84. The van der Waals surface area contributed by atoms with Crippen LogP contribution in [-0.2, 0) is 0 Å². The Labute approximate surface area is 166 Å². The number of hydrogen-bond donors (Lipinski definition) is 2. The number of nitro benzene ring substituents is 1. The third kappa shape index (κ3) is 4.75. The van der Waals surface area contributed by atoms with Crippen molar-refractivity contribution < 1.29 is 19.2 Å². The van der Waals surface area contributed by atoms with Crippen LogP contribution in [0, 0.1) is 10.1 Å². The van der Waals surface area contributed by atoms with E-state index in [0.29, 0.717) is 17.1 Å². The Morgan fingerprint density at radius 3 is 2.31 bits per heavy atom. The molecule has 0 aliphatic carbocycles. The lowest BCUT2D eigenvalue weighted by Crippen LogP contribution is -2.18. The lowest BCUT2D eigenvalue weighted by Gasteiger charge is -2.12. The van der Waals surface area contributed by atoms with Crippen molar-refractivity contribution in [2.75, 3.05) is 17.7 Å². The molecule has 0 saturated heterocycles. The predicted octanol–water partition coefficient (Wildman–Crippen LogP) is 4.11. The molecule has 0 saturated carbocycles. The van der Waals surface area contributed by atoms with Crippen LogP contribution in [0.4, 0.5) is 17.1 Å². The first kappa shape index (κ1) is 19.6. The van der Waals surface area contributed by atoms with E-state index in [2.05, 4.69) is 10.6 Å². The third-order valence-corrected chi connectivity index (χ3v) is 4.09. The number of carbonyl (C=O) groups excluding carboxylic acids is 2. The molecule has 29 heavy (non-hydrogen) atoms. The Bertz CT molecular complexity index is 1060. The number of carbonyl (C=O) groups is 2. The van der Waals surface area contributed by atoms with Crippen LogP contribution >= 0.6 is 0 Å². The van der Waals surface area contributed by atoms with Crippen molar-refractivity contribution in [1.29, 1.82) is 0 Å². The summed E-state index contributed by atoms with van der Waals surface area (Å²) in [6, 6.07) is 18.7. The van der Waals surface area contributed by atoms with Crippen molar-refractivity contribution >= 4 is 28.9 Å². The highest BCUT2D eigenvalue weighted by molar-refractivity contribution is 6.12. The van der Waals surface area contributed by atoms with Crippen LogP contribution in [0.2, 0.25) is 0 Å². The number of hydrogen-bond acceptors (Lipinski definition) is 5. The van der Waals surface area contributed by atoms with E-state index >= 15 is 0 Å². The van der Waals surface area contributed by atoms with Gasteiger partial charge in [0.25, 0.3) is 17.5 Å². The van der Waals surface area contributed by atoms with E-state index in [1.807, 2.05) is 0 Å². The van der Waals surface area contributed by atoms with Gasteiger partial charge in [0.05, 0.1) is 23.3 Å². The second-order valence-corrected chi connectivity index (χ2v) is 5.99. The molecule has 146 valence electrons. The van der Waals surface area contributed by atoms with Crippen molar-refractivity contribution in [2.45, 2.75) is 0 Å². The van der Waals surface area contributed by atoms with Gasteiger partial charge in [0.2, 0.25) is 0 Å². The van der Waals surface area contributed by atoms with Gasteiger partial charge in [0.1, 0.15) is 5.75 Å².